The Morgan fingerprint density at radius 1 is 1.00 bits per heavy atom. The minimum atomic E-state index is 0.471. The first-order valence-corrected chi connectivity index (χ1v) is 8.99. The summed E-state index contributed by atoms with van der Waals surface area (Å²) in [6, 6.07) is 9.11. The first-order valence-electron chi connectivity index (χ1n) is 8.23. The molecular formula is C19H20Cl2N4O2. The fourth-order valence-corrected chi connectivity index (χ4v) is 3.55. The van der Waals surface area contributed by atoms with Crippen molar-refractivity contribution in [2.45, 2.75) is 12.8 Å². The lowest BCUT2D eigenvalue weighted by molar-refractivity contribution is 0.393. The lowest BCUT2D eigenvalue weighted by Crippen LogP contribution is -1.98. The maximum atomic E-state index is 6.43. The van der Waals surface area contributed by atoms with Gasteiger partial charge in [-0.25, -0.2) is 0 Å². The number of ether oxygens (including phenoxy) is 2. The number of aryl methyl sites for hydroxylation is 1. The second kappa shape index (κ2) is 7.98. The summed E-state index contributed by atoms with van der Waals surface area (Å²) in [6.45, 7) is 0. The normalized spacial score (nSPS) is 10.8. The van der Waals surface area contributed by atoms with Gasteiger partial charge in [-0.2, -0.15) is 5.10 Å². The molecule has 3 aromatic rings. The average molecular weight is 407 g/mol. The van der Waals surface area contributed by atoms with Gasteiger partial charge in [-0.1, -0.05) is 35.3 Å². The van der Waals surface area contributed by atoms with Gasteiger partial charge in [0.05, 0.1) is 47.0 Å². The van der Waals surface area contributed by atoms with E-state index in [-0.39, 0.29) is 0 Å². The van der Waals surface area contributed by atoms with Crippen LogP contribution in [-0.4, -0.2) is 24.4 Å². The lowest BCUT2D eigenvalue weighted by atomic mass is 10.0. The maximum Gasteiger partial charge on any atom is 0.141 e. The molecule has 1 heterocycles. The van der Waals surface area contributed by atoms with Crippen molar-refractivity contribution in [3.05, 3.63) is 51.6 Å². The Labute approximate surface area is 167 Å². The van der Waals surface area contributed by atoms with Crippen LogP contribution in [0.3, 0.4) is 0 Å². The molecule has 0 amide bonds. The number of hydrogen-bond acceptors (Lipinski definition) is 5. The van der Waals surface area contributed by atoms with E-state index in [4.69, 9.17) is 44.1 Å². The number of benzene rings is 2. The fraction of sp³-hybridized carbons (Fsp3) is 0.211. The molecule has 0 spiro atoms. The first-order chi connectivity index (χ1) is 13.0. The predicted octanol–water partition coefficient (Wildman–Crippen LogP) is 4.35. The van der Waals surface area contributed by atoms with Crippen molar-refractivity contribution in [3.8, 4) is 22.8 Å². The number of aromatic nitrogens is 2. The van der Waals surface area contributed by atoms with Crippen LogP contribution in [0.15, 0.2) is 30.3 Å². The van der Waals surface area contributed by atoms with Crippen LogP contribution >= 0.6 is 23.2 Å². The molecule has 27 heavy (non-hydrogen) atoms. The average Bonchev–Trinajstić information content (AvgIpc) is 3.13. The van der Waals surface area contributed by atoms with Gasteiger partial charge in [0.15, 0.2) is 0 Å². The molecule has 0 aliphatic carbocycles. The van der Waals surface area contributed by atoms with E-state index in [9.17, 15) is 0 Å². The van der Waals surface area contributed by atoms with Crippen molar-refractivity contribution >= 4 is 34.6 Å². The number of anilines is 2. The van der Waals surface area contributed by atoms with Crippen LogP contribution in [0, 0.1) is 0 Å². The van der Waals surface area contributed by atoms with E-state index < -0.39 is 0 Å². The zero-order chi connectivity index (χ0) is 19.6. The molecule has 0 aliphatic heterocycles. The minimum Gasteiger partial charge on any atom is -0.495 e. The summed E-state index contributed by atoms with van der Waals surface area (Å²) in [5, 5.41) is 8.30. The van der Waals surface area contributed by atoms with Gasteiger partial charge in [0.2, 0.25) is 0 Å². The van der Waals surface area contributed by atoms with Crippen molar-refractivity contribution in [1.29, 1.82) is 0 Å². The van der Waals surface area contributed by atoms with Crippen LogP contribution in [-0.2, 0) is 12.8 Å². The number of rotatable bonds is 6. The molecule has 0 fully saturated rings. The highest BCUT2D eigenvalue weighted by Crippen LogP contribution is 2.41. The third-order valence-electron chi connectivity index (χ3n) is 4.36. The van der Waals surface area contributed by atoms with Crippen LogP contribution in [0.4, 0.5) is 11.4 Å². The number of methoxy groups -OCH3 is 2. The number of H-pyrrole nitrogens is 1. The third-order valence-corrected chi connectivity index (χ3v) is 5.19. The molecule has 0 radical (unpaired) electrons. The zero-order valence-corrected chi connectivity index (χ0v) is 16.5. The van der Waals surface area contributed by atoms with Crippen LogP contribution < -0.4 is 20.9 Å². The second-order valence-corrected chi connectivity index (χ2v) is 6.72. The molecule has 2 aromatic carbocycles. The van der Waals surface area contributed by atoms with Gasteiger partial charge < -0.3 is 20.9 Å². The van der Waals surface area contributed by atoms with Crippen LogP contribution in [0.5, 0.6) is 11.5 Å². The Morgan fingerprint density at radius 3 is 2.30 bits per heavy atom. The van der Waals surface area contributed by atoms with Gasteiger partial charge in [-0.15, -0.1) is 0 Å². The summed E-state index contributed by atoms with van der Waals surface area (Å²) in [7, 11) is 3.10. The highest BCUT2D eigenvalue weighted by molar-refractivity contribution is 6.37. The Bertz CT molecular complexity index is 944. The SMILES string of the molecule is COc1cc(OC)c(Cl)c(CCc2cc(-c3cccc(N)c3N)[nH]n2)c1Cl. The Balaban J connectivity index is 1.85. The van der Waals surface area contributed by atoms with Gasteiger partial charge in [0.25, 0.3) is 0 Å². The number of nitrogens with zero attached hydrogens (tertiary/aromatic N) is 1. The van der Waals surface area contributed by atoms with E-state index in [2.05, 4.69) is 10.2 Å². The van der Waals surface area contributed by atoms with E-state index in [1.807, 2.05) is 18.2 Å². The van der Waals surface area contributed by atoms with Crippen molar-refractivity contribution < 1.29 is 9.47 Å². The highest BCUT2D eigenvalue weighted by atomic mass is 35.5. The summed E-state index contributed by atoms with van der Waals surface area (Å²) in [6.07, 6.45) is 1.19. The standard InChI is InChI=1S/C19H20Cl2N4O2/c1-26-15-9-16(27-2)18(21)12(17(15)20)7-6-10-8-14(25-24-10)11-4-3-5-13(22)19(11)23/h3-5,8-9H,6-7,22-23H2,1-2H3,(H,24,25). The van der Waals surface area contributed by atoms with Gasteiger partial charge >= 0.3 is 0 Å². The van der Waals surface area contributed by atoms with E-state index in [0.717, 1.165) is 22.5 Å². The molecule has 0 aliphatic rings. The Morgan fingerprint density at radius 2 is 1.67 bits per heavy atom. The van der Waals surface area contributed by atoms with Crippen molar-refractivity contribution in [2.75, 3.05) is 25.7 Å². The van der Waals surface area contributed by atoms with Crippen molar-refractivity contribution in [2.24, 2.45) is 0 Å². The fourth-order valence-electron chi connectivity index (χ4n) is 2.86. The third kappa shape index (κ3) is 3.77. The van der Waals surface area contributed by atoms with Crippen LogP contribution in [0.2, 0.25) is 10.0 Å². The van der Waals surface area contributed by atoms with E-state index in [1.165, 1.54) is 0 Å². The predicted molar refractivity (Wildman–Crippen MR) is 110 cm³/mol. The van der Waals surface area contributed by atoms with Crippen LogP contribution in [0.1, 0.15) is 11.3 Å². The Hall–Kier alpha value is -2.57. The summed E-state index contributed by atoms with van der Waals surface area (Å²) < 4.78 is 10.6. The second-order valence-electron chi connectivity index (χ2n) is 5.97. The molecule has 0 unspecified atom stereocenters. The number of para-hydroxylation sites is 1. The minimum absolute atomic E-state index is 0.471. The number of nitrogens with two attached hydrogens (primary N) is 2. The lowest BCUT2D eigenvalue weighted by Gasteiger charge is -2.14. The molecule has 142 valence electrons. The van der Waals surface area contributed by atoms with Gasteiger partial charge in [-0.05, 0) is 30.5 Å². The molecule has 8 heteroatoms. The number of nitrogen functional groups attached to an aromatic ring is 2. The van der Waals surface area contributed by atoms with Crippen LogP contribution in [0.25, 0.3) is 11.3 Å². The molecule has 0 bridgehead atoms. The number of aromatic amines is 1. The maximum absolute atomic E-state index is 6.43. The summed E-state index contributed by atoms with van der Waals surface area (Å²) in [5.74, 6) is 1.03. The number of hydrogen-bond donors (Lipinski definition) is 3. The van der Waals surface area contributed by atoms with E-state index in [0.29, 0.717) is 45.8 Å². The summed E-state index contributed by atoms with van der Waals surface area (Å²) >= 11 is 12.9. The van der Waals surface area contributed by atoms with Gasteiger partial charge in [-0.3, -0.25) is 5.10 Å². The molecule has 6 nitrogen and oxygen atoms in total. The summed E-state index contributed by atoms with van der Waals surface area (Å²) in [4.78, 5) is 0. The van der Waals surface area contributed by atoms with Crippen molar-refractivity contribution in [3.63, 3.8) is 0 Å². The van der Waals surface area contributed by atoms with E-state index in [1.54, 1.807) is 26.4 Å². The largest absolute Gasteiger partial charge is 0.495 e. The molecule has 1 aromatic heterocycles. The van der Waals surface area contributed by atoms with Gasteiger partial charge in [0, 0.05) is 11.6 Å². The molecule has 0 atom stereocenters. The van der Waals surface area contributed by atoms with Gasteiger partial charge in [0.1, 0.15) is 11.5 Å². The van der Waals surface area contributed by atoms with Crippen molar-refractivity contribution in [1.82, 2.24) is 10.2 Å². The monoisotopic (exact) mass is 406 g/mol. The Kier molecular flexibility index (Phi) is 5.68. The molecular weight excluding hydrogens is 387 g/mol. The zero-order valence-electron chi connectivity index (χ0n) is 15.0. The molecule has 5 N–H and O–H groups in total. The number of nitrogens with one attached hydrogen (secondary N) is 1. The molecule has 0 saturated heterocycles. The smallest absolute Gasteiger partial charge is 0.141 e. The molecule has 0 saturated carbocycles. The van der Waals surface area contributed by atoms with E-state index >= 15 is 0 Å². The quantitative estimate of drug-likeness (QED) is 0.528. The highest BCUT2D eigenvalue weighted by Gasteiger charge is 2.17. The first kappa shape index (κ1) is 19.2. The number of halogens is 2. The topological polar surface area (TPSA) is 99.2 Å². The summed E-state index contributed by atoms with van der Waals surface area (Å²) in [5.41, 5.74) is 16.2. The molecule has 3 rings (SSSR count).